The lowest BCUT2D eigenvalue weighted by molar-refractivity contribution is -0.388. The lowest BCUT2D eigenvalue weighted by Crippen LogP contribution is -2.07. The Morgan fingerprint density at radius 3 is 3.00 bits per heavy atom. The number of hydrogen-bond donors (Lipinski definition) is 2. The van der Waals surface area contributed by atoms with Crippen LogP contribution in [0.25, 0.3) is 0 Å². The van der Waals surface area contributed by atoms with Crippen LogP contribution in [-0.4, -0.2) is 24.4 Å². The van der Waals surface area contributed by atoms with Crippen molar-refractivity contribution in [3.63, 3.8) is 0 Å². The van der Waals surface area contributed by atoms with Gasteiger partial charge in [0.25, 0.3) is 0 Å². The predicted molar refractivity (Wildman–Crippen MR) is 60.5 cm³/mol. The first kappa shape index (κ1) is 11.1. The van der Waals surface area contributed by atoms with Gasteiger partial charge in [-0.25, -0.2) is 4.98 Å². The van der Waals surface area contributed by atoms with Crippen LogP contribution in [-0.2, 0) is 13.6 Å². The molecule has 0 atom stereocenters. The van der Waals surface area contributed by atoms with Gasteiger partial charge in [0.15, 0.2) is 0 Å². The summed E-state index contributed by atoms with van der Waals surface area (Å²) < 4.78 is 1.64. The molecule has 0 amide bonds. The molecule has 2 N–H and O–H groups in total. The van der Waals surface area contributed by atoms with Gasteiger partial charge < -0.3 is 20.4 Å². The van der Waals surface area contributed by atoms with Crippen molar-refractivity contribution in [1.82, 2.24) is 19.5 Å². The molecule has 0 saturated heterocycles. The fourth-order valence-electron chi connectivity index (χ4n) is 1.48. The number of nitrogens with one attached hydrogen (secondary N) is 2. The topological polar surface area (TPSA) is 102 Å². The monoisotopic (exact) mass is 236 g/mol. The first-order valence-electron chi connectivity index (χ1n) is 4.99. The number of nitrogens with zero attached hydrogens (tertiary/aromatic N) is 4. The van der Waals surface area contributed by atoms with E-state index in [-0.39, 0.29) is 5.82 Å². The van der Waals surface area contributed by atoms with Crippen LogP contribution < -0.4 is 5.32 Å². The molecule has 8 nitrogen and oxygen atoms in total. The summed E-state index contributed by atoms with van der Waals surface area (Å²) in [5.41, 5.74) is 0. The maximum absolute atomic E-state index is 10.8. The molecular formula is C9H12N6O2. The second-order valence-corrected chi connectivity index (χ2v) is 3.54. The number of H-pyrrole nitrogens is 1. The van der Waals surface area contributed by atoms with Gasteiger partial charge in [-0.3, -0.25) is 4.57 Å². The molecule has 0 aliphatic rings. The molecule has 0 unspecified atom stereocenters. The van der Waals surface area contributed by atoms with E-state index in [4.69, 9.17) is 0 Å². The fourth-order valence-corrected chi connectivity index (χ4v) is 1.48. The number of hydrogen-bond acceptors (Lipinski definition) is 5. The number of aromatic amines is 1. The molecule has 8 heteroatoms. The van der Waals surface area contributed by atoms with Gasteiger partial charge in [0, 0.05) is 26.4 Å². The highest BCUT2D eigenvalue weighted by atomic mass is 16.6. The van der Waals surface area contributed by atoms with E-state index in [2.05, 4.69) is 20.3 Å². The van der Waals surface area contributed by atoms with Gasteiger partial charge in [-0.15, -0.1) is 0 Å². The van der Waals surface area contributed by atoms with Crippen molar-refractivity contribution < 1.29 is 4.92 Å². The van der Waals surface area contributed by atoms with Gasteiger partial charge in [0.1, 0.15) is 5.82 Å². The molecule has 0 aliphatic carbocycles. The molecular weight excluding hydrogens is 224 g/mol. The zero-order valence-electron chi connectivity index (χ0n) is 9.47. The van der Waals surface area contributed by atoms with E-state index in [1.54, 1.807) is 30.9 Å². The Balaban J connectivity index is 2.22. The van der Waals surface area contributed by atoms with Gasteiger partial charge in [-0.1, -0.05) is 0 Å². The van der Waals surface area contributed by atoms with Crippen LogP contribution in [0, 0.1) is 17.0 Å². The van der Waals surface area contributed by atoms with E-state index in [1.165, 1.54) is 0 Å². The summed E-state index contributed by atoms with van der Waals surface area (Å²) in [4.78, 5) is 21.1. The third-order valence-corrected chi connectivity index (χ3v) is 2.45. The van der Waals surface area contributed by atoms with Gasteiger partial charge in [0.2, 0.25) is 11.6 Å². The van der Waals surface area contributed by atoms with Crippen molar-refractivity contribution >= 4 is 11.6 Å². The first-order valence-corrected chi connectivity index (χ1v) is 4.99. The van der Waals surface area contributed by atoms with Crippen LogP contribution in [0.4, 0.5) is 11.6 Å². The Morgan fingerprint density at radius 1 is 1.65 bits per heavy atom. The van der Waals surface area contributed by atoms with E-state index < -0.39 is 4.92 Å². The summed E-state index contributed by atoms with van der Waals surface area (Å²) in [5.74, 6) is 1.50. The zero-order valence-corrected chi connectivity index (χ0v) is 9.47. The SMILES string of the molecule is Cc1nc([N+](=O)[O-])c(NCc2ncc[nH]2)n1C. The average molecular weight is 236 g/mol. The van der Waals surface area contributed by atoms with Crippen LogP contribution in [0.5, 0.6) is 0 Å². The minimum absolute atomic E-state index is 0.170. The largest absolute Gasteiger partial charge is 0.406 e. The fraction of sp³-hybridized carbons (Fsp3) is 0.333. The van der Waals surface area contributed by atoms with Gasteiger partial charge >= 0.3 is 5.82 Å². The van der Waals surface area contributed by atoms with E-state index in [0.717, 1.165) is 0 Å². The quantitative estimate of drug-likeness (QED) is 0.608. The number of rotatable bonds is 4. The molecule has 0 spiro atoms. The minimum Gasteiger partial charge on any atom is -0.358 e. The maximum atomic E-state index is 10.8. The molecule has 0 bridgehead atoms. The zero-order chi connectivity index (χ0) is 12.4. The Labute approximate surface area is 96.9 Å². The van der Waals surface area contributed by atoms with Crippen molar-refractivity contribution in [3.05, 3.63) is 34.2 Å². The average Bonchev–Trinajstić information content (AvgIpc) is 2.87. The standard InChI is InChI=1S/C9H12N6O2/c1-6-13-9(15(16)17)8(14(6)2)12-5-7-10-3-4-11-7/h3-4,12H,5H2,1-2H3,(H,10,11). The summed E-state index contributed by atoms with van der Waals surface area (Å²) in [6.45, 7) is 2.10. The summed E-state index contributed by atoms with van der Waals surface area (Å²) in [7, 11) is 1.72. The number of aromatic nitrogens is 4. The number of aryl methyl sites for hydroxylation is 1. The minimum atomic E-state index is -0.503. The Kier molecular flexibility index (Phi) is 2.77. The molecule has 0 aliphatic heterocycles. The maximum Gasteiger partial charge on any atom is 0.406 e. The molecule has 2 rings (SSSR count). The molecule has 2 heterocycles. The second kappa shape index (κ2) is 4.24. The molecule has 0 fully saturated rings. The van der Waals surface area contributed by atoms with Crippen molar-refractivity contribution in [2.45, 2.75) is 13.5 Å². The summed E-state index contributed by atoms with van der Waals surface area (Å²) in [6.07, 6.45) is 3.32. The summed E-state index contributed by atoms with van der Waals surface area (Å²) in [5, 5.41) is 13.8. The third-order valence-electron chi connectivity index (χ3n) is 2.45. The molecule has 0 saturated carbocycles. The van der Waals surface area contributed by atoms with Crippen molar-refractivity contribution in [2.24, 2.45) is 7.05 Å². The first-order chi connectivity index (χ1) is 8.09. The van der Waals surface area contributed by atoms with E-state index in [0.29, 0.717) is 24.0 Å². The highest BCUT2D eigenvalue weighted by Gasteiger charge is 2.23. The Hall–Kier alpha value is -2.38. The van der Waals surface area contributed by atoms with E-state index in [1.807, 2.05) is 0 Å². The van der Waals surface area contributed by atoms with Crippen molar-refractivity contribution in [2.75, 3.05) is 5.32 Å². The van der Waals surface area contributed by atoms with Crippen LogP contribution in [0.15, 0.2) is 12.4 Å². The normalized spacial score (nSPS) is 10.5. The number of imidazole rings is 2. The van der Waals surface area contributed by atoms with E-state index in [9.17, 15) is 10.1 Å². The van der Waals surface area contributed by atoms with Crippen molar-refractivity contribution in [1.29, 1.82) is 0 Å². The summed E-state index contributed by atoms with van der Waals surface area (Å²) >= 11 is 0. The van der Waals surface area contributed by atoms with Crippen LogP contribution in [0.2, 0.25) is 0 Å². The number of nitro groups is 1. The third kappa shape index (κ3) is 2.10. The van der Waals surface area contributed by atoms with Gasteiger partial charge in [-0.05, 0) is 9.91 Å². The molecule has 2 aromatic rings. The Bertz CT molecular complexity index is 530. The van der Waals surface area contributed by atoms with Gasteiger partial charge in [-0.2, -0.15) is 0 Å². The predicted octanol–water partition coefficient (Wildman–Crippen LogP) is 0.972. The molecule has 0 radical (unpaired) electrons. The highest BCUT2D eigenvalue weighted by Crippen LogP contribution is 2.23. The highest BCUT2D eigenvalue weighted by molar-refractivity contribution is 5.53. The number of anilines is 1. The molecule has 90 valence electrons. The van der Waals surface area contributed by atoms with Crippen molar-refractivity contribution in [3.8, 4) is 0 Å². The van der Waals surface area contributed by atoms with Gasteiger partial charge in [0.05, 0.1) is 6.54 Å². The lowest BCUT2D eigenvalue weighted by Gasteiger charge is -2.04. The molecule has 17 heavy (non-hydrogen) atoms. The van der Waals surface area contributed by atoms with E-state index >= 15 is 0 Å². The van der Waals surface area contributed by atoms with Crippen LogP contribution in [0.1, 0.15) is 11.6 Å². The molecule has 2 aromatic heterocycles. The second-order valence-electron chi connectivity index (χ2n) is 3.54. The summed E-state index contributed by atoms with van der Waals surface area (Å²) in [6, 6.07) is 0. The van der Waals surface area contributed by atoms with Crippen LogP contribution >= 0.6 is 0 Å². The Morgan fingerprint density at radius 2 is 2.41 bits per heavy atom. The molecule has 0 aromatic carbocycles. The van der Waals surface area contributed by atoms with Crippen LogP contribution in [0.3, 0.4) is 0 Å². The smallest absolute Gasteiger partial charge is 0.358 e. The lowest BCUT2D eigenvalue weighted by atomic mass is 10.5.